The molecule has 1 heterocycles. The molecule has 0 radical (unpaired) electrons. The molecule has 1 saturated heterocycles. The van der Waals surface area contributed by atoms with Crippen LogP contribution in [-0.4, -0.2) is 53.1 Å². The minimum atomic E-state index is -0.529. The van der Waals surface area contributed by atoms with Crippen molar-refractivity contribution in [3.8, 4) is 6.07 Å². The van der Waals surface area contributed by atoms with Crippen LogP contribution in [0.3, 0.4) is 0 Å². The number of hydrogen-bond acceptors (Lipinski definition) is 4. The van der Waals surface area contributed by atoms with Crippen LogP contribution in [0.4, 0.5) is 4.79 Å². The zero-order chi connectivity index (χ0) is 18.6. The van der Waals surface area contributed by atoms with E-state index in [1.807, 2.05) is 27.7 Å². The summed E-state index contributed by atoms with van der Waals surface area (Å²) in [6.07, 6.45) is -0.00768. The summed E-state index contributed by atoms with van der Waals surface area (Å²) in [7, 11) is 0. The first-order valence-electron chi connectivity index (χ1n) is 8.46. The van der Waals surface area contributed by atoms with E-state index in [-0.39, 0.29) is 18.0 Å². The Balaban J connectivity index is 1.99. The van der Waals surface area contributed by atoms with Crippen molar-refractivity contribution in [3.63, 3.8) is 0 Å². The van der Waals surface area contributed by atoms with E-state index in [0.717, 1.165) is 5.56 Å². The van der Waals surface area contributed by atoms with E-state index < -0.39 is 5.60 Å². The highest BCUT2D eigenvalue weighted by Crippen LogP contribution is 2.17. The molecule has 0 saturated carbocycles. The molecule has 6 heteroatoms. The number of amides is 2. The smallest absolute Gasteiger partial charge is 0.410 e. The minimum Gasteiger partial charge on any atom is -0.444 e. The van der Waals surface area contributed by atoms with E-state index in [1.165, 1.54) is 0 Å². The van der Waals surface area contributed by atoms with Gasteiger partial charge in [-0.25, -0.2) is 4.79 Å². The Morgan fingerprint density at radius 3 is 2.40 bits per heavy atom. The summed E-state index contributed by atoms with van der Waals surface area (Å²) in [6, 6.07) is 9.11. The minimum absolute atomic E-state index is 0.0557. The molecule has 0 aliphatic carbocycles. The first kappa shape index (κ1) is 18.8. The molecular formula is C19H25N3O3. The van der Waals surface area contributed by atoms with E-state index in [2.05, 4.69) is 6.07 Å². The van der Waals surface area contributed by atoms with Gasteiger partial charge in [-0.1, -0.05) is 12.1 Å². The maximum atomic E-state index is 12.7. The second kappa shape index (κ2) is 7.56. The van der Waals surface area contributed by atoms with Crippen molar-refractivity contribution < 1.29 is 14.3 Å². The summed E-state index contributed by atoms with van der Waals surface area (Å²) in [4.78, 5) is 28.3. The lowest BCUT2D eigenvalue weighted by Gasteiger charge is -2.40. The van der Waals surface area contributed by atoms with Crippen LogP contribution in [0.1, 0.15) is 43.6 Å². The van der Waals surface area contributed by atoms with Crippen molar-refractivity contribution in [1.29, 1.82) is 5.26 Å². The third-order valence-corrected chi connectivity index (χ3v) is 4.02. The average Bonchev–Trinajstić information content (AvgIpc) is 2.53. The second-order valence-corrected chi connectivity index (χ2v) is 7.31. The average molecular weight is 343 g/mol. The molecule has 6 nitrogen and oxygen atoms in total. The quantitative estimate of drug-likeness (QED) is 0.827. The highest BCUT2D eigenvalue weighted by atomic mass is 16.6. The molecule has 0 bridgehead atoms. The van der Waals surface area contributed by atoms with Crippen molar-refractivity contribution in [3.05, 3.63) is 35.4 Å². The molecule has 1 fully saturated rings. The number of hydrogen-bond donors (Lipinski definition) is 0. The summed E-state index contributed by atoms with van der Waals surface area (Å²) in [5, 5.41) is 8.71. The monoisotopic (exact) mass is 343 g/mol. The van der Waals surface area contributed by atoms with Crippen molar-refractivity contribution >= 4 is 12.0 Å². The van der Waals surface area contributed by atoms with E-state index in [1.54, 1.807) is 34.1 Å². The maximum absolute atomic E-state index is 12.7. The van der Waals surface area contributed by atoms with Crippen LogP contribution < -0.4 is 0 Å². The Hall–Kier alpha value is -2.55. The molecule has 0 unspecified atom stereocenters. The molecule has 1 aliphatic heterocycles. The van der Waals surface area contributed by atoms with Crippen molar-refractivity contribution in [2.75, 3.05) is 19.6 Å². The Bertz CT molecular complexity index is 671. The Morgan fingerprint density at radius 1 is 1.24 bits per heavy atom. The number of ether oxygens (including phenoxy) is 1. The first-order chi connectivity index (χ1) is 11.7. The van der Waals surface area contributed by atoms with Gasteiger partial charge in [0.25, 0.3) is 5.91 Å². The first-order valence-corrected chi connectivity index (χ1v) is 8.46. The number of carbonyl (C=O) groups excluding carboxylic acids is 2. The number of carbonyl (C=O) groups is 2. The molecule has 1 atom stereocenters. The fourth-order valence-corrected chi connectivity index (χ4v) is 2.77. The van der Waals surface area contributed by atoms with Crippen molar-refractivity contribution in [1.82, 2.24) is 9.80 Å². The largest absolute Gasteiger partial charge is 0.444 e. The molecule has 134 valence electrons. The third kappa shape index (κ3) is 4.96. The van der Waals surface area contributed by atoms with Gasteiger partial charge in [0, 0.05) is 31.2 Å². The second-order valence-electron chi connectivity index (χ2n) is 7.31. The molecule has 25 heavy (non-hydrogen) atoms. The molecular weight excluding hydrogens is 318 g/mol. The zero-order valence-corrected chi connectivity index (χ0v) is 15.3. The number of nitriles is 1. The Labute approximate surface area is 149 Å². The SMILES string of the molecule is C[C@H]1CN(C(=O)OC(C)(C)C)CCN1C(=O)c1ccc(CC#N)cc1. The van der Waals surface area contributed by atoms with E-state index in [4.69, 9.17) is 10.00 Å². The number of rotatable bonds is 2. The molecule has 0 aromatic heterocycles. The number of benzene rings is 1. The van der Waals surface area contributed by atoms with E-state index in [9.17, 15) is 9.59 Å². The fourth-order valence-electron chi connectivity index (χ4n) is 2.77. The van der Waals surface area contributed by atoms with Gasteiger partial charge in [0.1, 0.15) is 5.60 Å². The molecule has 2 amide bonds. The van der Waals surface area contributed by atoms with Gasteiger partial charge in [-0.15, -0.1) is 0 Å². The molecule has 0 spiro atoms. The Morgan fingerprint density at radius 2 is 1.88 bits per heavy atom. The molecule has 1 aliphatic rings. The van der Waals surface area contributed by atoms with Crippen LogP contribution in [0.15, 0.2) is 24.3 Å². The van der Waals surface area contributed by atoms with E-state index >= 15 is 0 Å². The van der Waals surface area contributed by atoms with Crippen LogP contribution in [0, 0.1) is 11.3 Å². The predicted octanol–water partition coefficient (Wildman–Crippen LogP) is 2.83. The van der Waals surface area contributed by atoms with Gasteiger partial charge in [0.05, 0.1) is 12.5 Å². The van der Waals surface area contributed by atoms with Gasteiger partial charge in [0.15, 0.2) is 0 Å². The van der Waals surface area contributed by atoms with Crippen LogP contribution in [0.25, 0.3) is 0 Å². The van der Waals surface area contributed by atoms with Gasteiger partial charge >= 0.3 is 6.09 Å². The summed E-state index contributed by atoms with van der Waals surface area (Å²) < 4.78 is 5.40. The van der Waals surface area contributed by atoms with Gasteiger partial charge in [0.2, 0.25) is 0 Å². The molecule has 1 aromatic carbocycles. The summed E-state index contributed by atoms with van der Waals surface area (Å²) >= 11 is 0. The third-order valence-electron chi connectivity index (χ3n) is 4.02. The zero-order valence-electron chi connectivity index (χ0n) is 15.3. The van der Waals surface area contributed by atoms with Gasteiger partial charge in [-0.2, -0.15) is 5.26 Å². The summed E-state index contributed by atoms with van der Waals surface area (Å²) in [5.74, 6) is -0.0557. The number of piperazine rings is 1. The fraction of sp³-hybridized carbons (Fsp3) is 0.526. The van der Waals surface area contributed by atoms with Crippen molar-refractivity contribution in [2.45, 2.75) is 45.8 Å². The van der Waals surface area contributed by atoms with Gasteiger partial charge in [-0.3, -0.25) is 4.79 Å². The molecule has 2 rings (SSSR count). The number of nitrogens with zero attached hydrogens (tertiary/aromatic N) is 3. The summed E-state index contributed by atoms with van der Waals surface area (Å²) in [6.45, 7) is 8.82. The normalized spacial score (nSPS) is 17.8. The van der Waals surface area contributed by atoms with Crippen LogP contribution in [-0.2, 0) is 11.2 Å². The predicted molar refractivity (Wildman–Crippen MR) is 94.1 cm³/mol. The molecule has 1 aromatic rings. The van der Waals surface area contributed by atoms with Gasteiger partial charge in [-0.05, 0) is 45.4 Å². The Kier molecular flexibility index (Phi) is 5.68. The lowest BCUT2D eigenvalue weighted by Crippen LogP contribution is -2.56. The topological polar surface area (TPSA) is 73.6 Å². The van der Waals surface area contributed by atoms with E-state index in [0.29, 0.717) is 31.6 Å². The standard InChI is InChI=1S/C19H25N3O3/c1-14-13-21(18(24)25-19(2,3)4)11-12-22(14)17(23)16-7-5-15(6-8-16)9-10-20/h5-8,14H,9,11-13H2,1-4H3/t14-/m0/s1. The highest BCUT2D eigenvalue weighted by molar-refractivity contribution is 5.94. The van der Waals surface area contributed by atoms with Gasteiger partial charge < -0.3 is 14.5 Å². The van der Waals surface area contributed by atoms with Crippen LogP contribution in [0.2, 0.25) is 0 Å². The lowest BCUT2D eigenvalue weighted by molar-refractivity contribution is 0.00617. The molecule has 0 N–H and O–H groups in total. The highest BCUT2D eigenvalue weighted by Gasteiger charge is 2.32. The lowest BCUT2D eigenvalue weighted by atomic mass is 10.1. The van der Waals surface area contributed by atoms with Crippen LogP contribution in [0.5, 0.6) is 0 Å². The maximum Gasteiger partial charge on any atom is 0.410 e. The van der Waals surface area contributed by atoms with Crippen molar-refractivity contribution in [2.24, 2.45) is 0 Å². The summed E-state index contributed by atoms with van der Waals surface area (Å²) in [5.41, 5.74) is 0.958. The van der Waals surface area contributed by atoms with Crippen LogP contribution >= 0.6 is 0 Å².